The fraction of sp³-hybridized carbons (Fsp3) is 0.500. The summed E-state index contributed by atoms with van der Waals surface area (Å²) in [5.41, 5.74) is 1.26. The van der Waals surface area contributed by atoms with E-state index < -0.39 is 0 Å². The first-order chi connectivity index (χ1) is 8.07. The fourth-order valence-corrected chi connectivity index (χ4v) is 2.98. The molecule has 2 rings (SSSR count). The van der Waals surface area contributed by atoms with Crippen LogP contribution in [0.3, 0.4) is 0 Å². The Morgan fingerprint density at radius 2 is 2.06 bits per heavy atom. The molecule has 0 N–H and O–H groups in total. The van der Waals surface area contributed by atoms with Gasteiger partial charge in [-0.05, 0) is 5.56 Å². The fourth-order valence-electron chi connectivity index (χ4n) is 2.32. The van der Waals surface area contributed by atoms with Gasteiger partial charge in [0.15, 0.2) is 0 Å². The molecule has 1 fully saturated rings. The molecule has 1 aromatic rings. The number of rotatable bonds is 3. The minimum atomic E-state index is 0.0614. The highest BCUT2D eigenvalue weighted by atomic mass is 79.9. The van der Waals surface area contributed by atoms with Crippen LogP contribution in [0, 0.1) is 11.3 Å². The SMILES string of the molecule is C[C@H]1C(=O)N(Cc2ccccc2)C[C@@]1(C)CBr. The second kappa shape index (κ2) is 4.81. The molecule has 0 saturated carbocycles. The number of carbonyl (C=O) groups excluding carboxylic acids is 1. The second-order valence-electron chi connectivity index (χ2n) is 5.19. The van der Waals surface area contributed by atoms with Crippen molar-refractivity contribution in [2.45, 2.75) is 20.4 Å². The number of hydrogen-bond donors (Lipinski definition) is 0. The van der Waals surface area contributed by atoms with Crippen molar-refractivity contribution in [2.75, 3.05) is 11.9 Å². The smallest absolute Gasteiger partial charge is 0.226 e. The lowest BCUT2D eigenvalue weighted by Gasteiger charge is -2.24. The van der Waals surface area contributed by atoms with Gasteiger partial charge in [0, 0.05) is 29.8 Å². The van der Waals surface area contributed by atoms with Gasteiger partial charge in [0.1, 0.15) is 0 Å². The predicted molar refractivity (Wildman–Crippen MR) is 72.9 cm³/mol. The number of likely N-dealkylation sites (tertiary alicyclic amines) is 1. The molecule has 1 aromatic carbocycles. The Hall–Kier alpha value is -0.830. The van der Waals surface area contributed by atoms with Gasteiger partial charge in [0.05, 0.1) is 0 Å². The first-order valence-corrected chi connectivity index (χ1v) is 7.07. The van der Waals surface area contributed by atoms with Crippen LogP contribution in [0.25, 0.3) is 0 Å². The standard InChI is InChI=1S/C14H18BrNO/c1-11-13(17)16(10-14(11,2)9-15)8-12-6-4-3-5-7-12/h3-7,11H,8-10H2,1-2H3/t11-,14+/m0/s1. The maximum Gasteiger partial charge on any atom is 0.226 e. The molecule has 1 saturated heterocycles. The highest BCUT2D eigenvalue weighted by molar-refractivity contribution is 9.09. The van der Waals surface area contributed by atoms with E-state index in [0.29, 0.717) is 0 Å². The first-order valence-electron chi connectivity index (χ1n) is 5.95. The Morgan fingerprint density at radius 3 is 2.59 bits per heavy atom. The molecular formula is C14H18BrNO. The molecule has 0 radical (unpaired) electrons. The van der Waals surface area contributed by atoms with Gasteiger partial charge in [-0.25, -0.2) is 0 Å². The van der Waals surface area contributed by atoms with Gasteiger partial charge in [-0.1, -0.05) is 60.1 Å². The average Bonchev–Trinajstić information content (AvgIpc) is 2.56. The van der Waals surface area contributed by atoms with E-state index in [-0.39, 0.29) is 17.2 Å². The summed E-state index contributed by atoms with van der Waals surface area (Å²) >= 11 is 3.53. The molecule has 1 amide bonds. The number of nitrogens with zero attached hydrogens (tertiary/aromatic N) is 1. The van der Waals surface area contributed by atoms with Crippen LogP contribution < -0.4 is 0 Å². The lowest BCUT2D eigenvalue weighted by molar-refractivity contribution is -0.131. The predicted octanol–water partition coefficient (Wildman–Crippen LogP) is 3.07. The zero-order chi connectivity index (χ0) is 12.5. The van der Waals surface area contributed by atoms with Gasteiger partial charge < -0.3 is 4.90 Å². The third-order valence-electron chi connectivity index (χ3n) is 3.80. The van der Waals surface area contributed by atoms with Crippen molar-refractivity contribution in [3.05, 3.63) is 35.9 Å². The van der Waals surface area contributed by atoms with Crippen LogP contribution in [0.4, 0.5) is 0 Å². The molecule has 92 valence electrons. The summed E-state index contributed by atoms with van der Waals surface area (Å²) in [7, 11) is 0. The van der Waals surface area contributed by atoms with E-state index in [1.807, 2.05) is 30.0 Å². The first kappa shape index (κ1) is 12.6. The van der Waals surface area contributed by atoms with Crippen LogP contribution in [-0.4, -0.2) is 22.7 Å². The minimum absolute atomic E-state index is 0.0614. The maximum absolute atomic E-state index is 12.2. The molecule has 1 aliphatic heterocycles. The summed E-state index contributed by atoms with van der Waals surface area (Å²) in [6.45, 7) is 5.78. The van der Waals surface area contributed by atoms with Crippen molar-refractivity contribution >= 4 is 21.8 Å². The molecule has 0 spiro atoms. The summed E-state index contributed by atoms with van der Waals surface area (Å²) in [5.74, 6) is 0.376. The number of halogens is 1. The molecule has 0 unspecified atom stereocenters. The molecule has 2 atom stereocenters. The van der Waals surface area contributed by atoms with Crippen LogP contribution >= 0.6 is 15.9 Å². The molecule has 3 heteroatoms. The molecular weight excluding hydrogens is 278 g/mol. The molecule has 1 aliphatic rings. The third-order valence-corrected chi connectivity index (χ3v) is 5.08. The second-order valence-corrected chi connectivity index (χ2v) is 5.75. The Bertz CT molecular complexity index is 406. The van der Waals surface area contributed by atoms with Crippen LogP contribution in [0.15, 0.2) is 30.3 Å². The minimum Gasteiger partial charge on any atom is -0.338 e. The van der Waals surface area contributed by atoms with Gasteiger partial charge in [-0.3, -0.25) is 4.79 Å². The Morgan fingerprint density at radius 1 is 1.41 bits per heavy atom. The number of benzene rings is 1. The van der Waals surface area contributed by atoms with Crippen LogP contribution in [0.1, 0.15) is 19.4 Å². The van der Waals surface area contributed by atoms with E-state index in [1.165, 1.54) is 5.56 Å². The van der Waals surface area contributed by atoms with E-state index in [0.717, 1.165) is 18.4 Å². The molecule has 0 aromatic heterocycles. The van der Waals surface area contributed by atoms with Crippen LogP contribution in [0.2, 0.25) is 0 Å². The third kappa shape index (κ3) is 2.39. The van der Waals surface area contributed by atoms with Crippen molar-refractivity contribution in [1.29, 1.82) is 0 Å². The normalized spacial score (nSPS) is 28.8. The van der Waals surface area contributed by atoms with Crippen molar-refractivity contribution in [2.24, 2.45) is 11.3 Å². The van der Waals surface area contributed by atoms with E-state index in [2.05, 4.69) is 35.0 Å². The highest BCUT2D eigenvalue weighted by Crippen LogP contribution is 2.38. The van der Waals surface area contributed by atoms with Crippen LogP contribution in [-0.2, 0) is 11.3 Å². The van der Waals surface area contributed by atoms with Crippen LogP contribution in [0.5, 0.6) is 0 Å². The number of alkyl halides is 1. The van der Waals surface area contributed by atoms with Crippen molar-refractivity contribution in [1.82, 2.24) is 4.90 Å². The van der Waals surface area contributed by atoms with Gasteiger partial charge in [-0.15, -0.1) is 0 Å². The van der Waals surface area contributed by atoms with E-state index >= 15 is 0 Å². The van der Waals surface area contributed by atoms with E-state index in [9.17, 15) is 4.79 Å². The Kier molecular flexibility index (Phi) is 3.57. The monoisotopic (exact) mass is 295 g/mol. The molecule has 1 heterocycles. The largest absolute Gasteiger partial charge is 0.338 e. The zero-order valence-electron chi connectivity index (χ0n) is 10.3. The number of amides is 1. The van der Waals surface area contributed by atoms with Crippen molar-refractivity contribution in [3.63, 3.8) is 0 Å². The lowest BCUT2D eigenvalue weighted by atomic mass is 9.83. The number of carbonyl (C=O) groups is 1. The maximum atomic E-state index is 12.2. The number of hydrogen-bond acceptors (Lipinski definition) is 1. The topological polar surface area (TPSA) is 20.3 Å². The quantitative estimate of drug-likeness (QED) is 0.785. The van der Waals surface area contributed by atoms with Gasteiger partial charge in [-0.2, -0.15) is 0 Å². The van der Waals surface area contributed by atoms with Crippen molar-refractivity contribution in [3.8, 4) is 0 Å². The summed E-state index contributed by atoms with van der Waals surface area (Å²) < 4.78 is 0. The Labute approximate surface area is 111 Å². The van der Waals surface area contributed by atoms with Gasteiger partial charge in [0.25, 0.3) is 0 Å². The summed E-state index contributed by atoms with van der Waals surface area (Å²) in [5, 5.41) is 0.873. The van der Waals surface area contributed by atoms with Gasteiger partial charge >= 0.3 is 0 Å². The average molecular weight is 296 g/mol. The summed E-state index contributed by atoms with van der Waals surface area (Å²) in [4.78, 5) is 14.2. The molecule has 0 bridgehead atoms. The summed E-state index contributed by atoms with van der Waals surface area (Å²) in [6.07, 6.45) is 0. The lowest BCUT2D eigenvalue weighted by Crippen LogP contribution is -2.27. The molecule has 17 heavy (non-hydrogen) atoms. The van der Waals surface area contributed by atoms with E-state index in [1.54, 1.807) is 0 Å². The summed E-state index contributed by atoms with van der Waals surface area (Å²) in [6, 6.07) is 10.2. The highest BCUT2D eigenvalue weighted by Gasteiger charge is 2.45. The molecule has 0 aliphatic carbocycles. The van der Waals surface area contributed by atoms with Gasteiger partial charge in [0.2, 0.25) is 5.91 Å². The van der Waals surface area contributed by atoms with E-state index in [4.69, 9.17) is 0 Å². The molecule has 2 nitrogen and oxygen atoms in total. The Balaban J connectivity index is 2.12. The zero-order valence-corrected chi connectivity index (χ0v) is 11.9. The van der Waals surface area contributed by atoms with Crippen molar-refractivity contribution < 1.29 is 4.79 Å².